The summed E-state index contributed by atoms with van der Waals surface area (Å²) in [6.45, 7) is 9.59. The maximum Gasteiger partial charge on any atom is 0.00871 e. The number of nitrogens with one attached hydrogen (secondary N) is 1. The average molecular weight is 252 g/mol. The van der Waals surface area contributed by atoms with Crippen molar-refractivity contribution in [2.24, 2.45) is 11.3 Å². The molecule has 0 aromatic heterocycles. The highest BCUT2D eigenvalue weighted by Crippen LogP contribution is 2.39. The molecule has 0 bridgehead atoms. The summed E-state index contributed by atoms with van der Waals surface area (Å²) in [5.74, 6) is 0.754. The van der Waals surface area contributed by atoms with E-state index in [0.29, 0.717) is 11.5 Å². The normalized spacial score (nSPS) is 25.0. The summed E-state index contributed by atoms with van der Waals surface area (Å²) in [5, 5.41) is 3.79. The lowest BCUT2D eigenvalue weighted by atomic mass is 9.84. The van der Waals surface area contributed by atoms with Crippen molar-refractivity contribution in [3.05, 3.63) is 0 Å². The van der Waals surface area contributed by atoms with Gasteiger partial charge in [0.15, 0.2) is 0 Å². The Morgan fingerprint density at radius 1 is 1.17 bits per heavy atom. The molecule has 0 aromatic carbocycles. The Hall–Kier alpha value is -0.0800. The lowest BCUT2D eigenvalue weighted by molar-refractivity contribution is 0.119. The Kier molecular flexibility index (Phi) is 4.71. The minimum Gasteiger partial charge on any atom is -0.313 e. The van der Waals surface area contributed by atoms with Crippen molar-refractivity contribution in [3.8, 4) is 0 Å². The summed E-state index contributed by atoms with van der Waals surface area (Å²) < 4.78 is 0. The first-order chi connectivity index (χ1) is 8.52. The van der Waals surface area contributed by atoms with Gasteiger partial charge in [0.25, 0.3) is 0 Å². The van der Waals surface area contributed by atoms with Crippen LogP contribution in [0.25, 0.3) is 0 Å². The van der Waals surface area contributed by atoms with Gasteiger partial charge in [-0.1, -0.05) is 26.7 Å². The monoisotopic (exact) mass is 252 g/mol. The first-order valence-corrected chi connectivity index (χ1v) is 7.96. The van der Waals surface area contributed by atoms with Crippen LogP contribution in [-0.4, -0.2) is 37.1 Å². The molecule has 0 aliphatic heterocycles. The standard InChI is InChI=1S/C16H32N2/c1-13(2)14(3)18(4)12-16(9-5-6-10-16)11-17-15-7-8-15/h13-15,17H,5-12H2,1-4H3. The second kappa shape index (κ2) is 5.92. The summed E-state index contributed by atoms with van der Waals surface area (Å²) in [5.41, 5.74) is 0.570. The summed E-state index contributed by atoms with van der Waals surface area (Å²) in [7, 11) is 2.32. The predicted octanol–water partition coefficient (Wildman–Crippen LogP) is 3.28. The Balaban J connectivity index is 1.87. The maximum atomic E-state index is 3.79. The Morgan fingerprint density at radius 2 is 1.78 bits per heavy atom. The second-order valence-electron chi connectivity index (χ2n) is 7.26. The summed E-state index contributed by atoms with van der Waals surface area (Å²) in [6.07, 6.45) is 8.57. The predicted molar refractivity (Wildman–Crippen MR) is 78.9 cm³/mol. The van der Waals surface area contributed by atoms with Gasteiger partial charge in [-0.05, 0) is 51.0 Å². The molecule has 1 atom stereocenters. The summed E-state index contributed by atoms with van der Waals surface area (Å²) in [4.78, 5) is 2.60. The van der Waals surface area contributed by atoms with Crippen molar-refractivity contribution >= 4 is 0 Å². The van der Waals surface area contributed by atoms with E-state index in [9.17, 15) is 0 Å². The van der Waals surface area contributed by atoms with Crippen molar-refractivity contribution in [3.63, 3.8) is 0 Å². The highest BCUT2D eigenvalue weighted by molar-refractivity contribution is 4.93. The molecule has 18 heavy (non-hydrogen) atoms. The first-order valence-electron chi connectivity index (χ1n) is 7.96. The lowest BCUT2D eigenvalue weighted by Crippen LogP contribution is -2.45. The molecule has 106 valence electrons. The van der Waals surface area contributed by atoms with Crippen LogP contribution in [0.2, 0.25) is 0 Å². The Bertz CT molecular complexity index is 252. The van der Waals surface area contributed by atoms with Crippen molar-refractivity contribution in [1.29, 1.82) is 0 Å². The fraction of sp³-hybridized carbons (Fsp3) is 1.00. The van der Waals surface area contributed by atoms with E-state index in [1.165, 1.54) is 51.6 Å². The lowest BCUT2D eigenvalue weighted by Gasteiger charge is -2.38. The molecule has 2 rings (SSSR count). The Morgan fingerprint density at radius 3 is 2.28 bits per heavy atom. The first kappa shape index (κ1) is 14.3. The van der Waals surface area contributed by atoms with Gasteiger partial charge in [0, 0.05) is 25.2 Å². The van der Waals surface area contributed by atoms with Crippen molar-refractivity contribution in [2.75, 3.05) is 20.1 Å². The highest BCUT2D eigenvalue weighted by atomic mass is 15.1. The fourth-order valence-electron chi connectivity index (χ4n) is 3.35. The van der Waals surface area contributed by atoms with Gasteiger partial charge >= 0.3 is 0 Å². The molecule has 0 amide bonds. The molecule has 2 saturated carbocycles. The van der Waals surface area contributed by atoms with Crippen LogP contribution in [0.4, 0.5) is 0 Å². The van der Waals surface area contributed by atoms with Crippen molar-refractivity contribution in [2.45, 2.75) is 71.4 Å². The molecule has 0 radical (unpaired) electrons. The molecule has 1 unspecified atom stereocenters. The van der Waals surface area contributed by atoms with Crippen LogP contribution in [0.3, 0.4) is 0 Å². The topological polar surface area (TPSA) is 15.3 Å². The smallest absolute Gasteiger partial charge is 0.00871 e. The van der Waals surface area contributed by atoms with Crippen LogP contribution in [0, 0.1) is 11.3 Å². The molecule has 2 nitrogen and oxygen atoms in total. The molecule has 2 aliphatic carbocycles. The zero-order valence-corrected chi connectivity index (χ0v) is 12.8. The molecule has 0 saturated heterocycles. The SMILES string of the molecule is CC(C)C(C)N(C)CC1(CNC2CC2)CCCC1. The zero-order chi connectivity index (χ0) is 13.2. The third kappa shape index (κ3) is 3.71. The van der Waals surface area contributed by atoms with Gasteiger partial charge in [-0.3, -0.25) is 0 Å². The average Bonchev–Trinajstić information content (AvgIpc) is 3.06. The van der Waals surface area contributed by atoms with E-state index in [-0.39, 0.29) is 0 Å². The van der Waals surface area contributed by atoms with Crippen LogP contribution < -0.4 is 5.32 Å². The van der Waals surface area contributed by atoms with Gasteiger partial charge in [-0.2, -0.15) is 0 Å². The molecular formula is C16H32N2. The van der Waals surface area contributed by atoms with E-state index in [1.54, 1.807) is 0 Å². The van der Waals surface area contributed by atoms with Gasteiger partial charge in [0.2, 0.25) is 0 Å². The van der Waals surface area contributed by atoms with Gasteiger partial charge in [-0.25, -0.2) is 0 Å². The molecule has 2 heteroatoms. The summed E-state index contributed by atoms with van der Waals surface area (Å²) >= 11 is 0. The van der Waals surface area contributed by atoms with Gasteiger partial charge in [0.05, 0.1) is 0 Å². The van der Waals surface area contributed by atoms with Crippen LogP contribution in [0.5, 0.6) is 0 Å². The van der Waals surface area contributed by atoms with Gasteiger partial charge < -0.3 is 10.2 Å². The molecule has 2 fully saturated rings. The molecule has 1 N–H and O–H groups in total. The third-order valence-corrected chi connectivity index (χ3v) is 5.25. The van der Waals surface area contributed by atoms with Crippen LogP contribution in [0.1, 0.15) is 59.3 Å². The number of nitrogens with zero attached hydrogens (tertiary/aromatic N) is 1. The van der Waals surface area contributed by atoms with Crippen LogP contribution in [-0.2, 0) is 0 Å². The molecule has 0 aromatic rings. The van der Waals surface area contributed by atoms with Gasteiger partial charge in [0.1, 0.15) is 0 Å². The minimum absolute atomic E-state index is 0.570. The van der Waals surface area contributed by atoms with Gasteiger partial charge in [-0.15, -0.1) is 0 Å². The van der Waals surface area contributed by atoms with Crippen LogP contribution in [0.15, 0.2) is 0 Å². The van der Waals surface area contributed by atoms with Crippen LogP contribution >= 0.6 is 0 Å². The highest BCUT2D eigenvalue weighted by Gasteiger charge is 2.37. The van der Waals surface area contributed by atoms with E-state index >= 15 is 0 Å². The minimum atomic E-state index is 0.570. The zero-order valence-electron chi connectivity index (χ0n) is 12.8. The molecule has 2 aliphatic rings. The van der Waals surface area contributed by atoms with E-state index < -0.39 is 0 Å². The Labute approximate surface area is 114 Å². The molecule has 0 spiro atoms. The van der Waals surface area contributed by atoms with E-state index in [0.717, 1.165) is 12.0 Å². The van der Waals surface area contributed by atoms with Crippen molar-refractivity contribution < 1.29 is 0 Å². The number of rotatable bonds is 7. The fourth-order valence-corrected chi connectivity index (χ4v) is 3.35. The number of hydrogen-bond donors (Lipinski definition) is 1. The second-order valence-corrected chi connectivity index (χ2v) is 7.26. The summed E-state index contributed by atoms with van der Waals surface area (Å²) in [6, 6.07) is 1.55. The molecular weight excluding hydrogens is 220 g/mol. The van der Waals surface area contributed by atoms with Crippen molar-refractivity contribution in [1.82, 2.24) is 10.2 Å². The molecule has 0 heterocycles. The van der Waals surface area contributed by atoms with E-state index in [1.807, 2.05) is 0 Å². The quantitative estimate of drug-likeness (QED) is 0.748. The number of hydrogen-bond acceptors (Lipinski definition) is 2. The maximum absolute atomic E-state index is 3.79. The largest absolute Gasteiger partial charge is 0.313 e. The van der Waals surface area contributed by atoms with E-state index in [4.69, 9.17) is 0 Å². The van der Waals surface area contributed by atoms with E-state index in [2.05, 4.69) is 38.0 Å². The third-order valence-electron chi connectivity index (χ3n) is 5.25.